The monoisotopic (exact) mass is 563 g/mol. The first-order valence-corrected chi connectivity index (χ1v) is 14.6. The minimum Gasteiger partial charge on any atom is -0.473 e. The van der Waals surface area contributed by atoms with Crippen molar-refractivity contribution in [2.75, 3.05) is 24.5 Å². The molecule has 0 amide bonds. The van der Waals surface area contributed by atoms with E-state index in [0.717, 1.165) is 66.7 Å². The van der Waals surface area contributed by atoms with Gasteiger partial charge in [-0.3, -0.25) is 9.13 Å². The third kappa shape index (κ3) is 5.76. The van der Waals surface area contributed by atoms with Crippen LogP contribution in [0.15, 0.2) is 95.8 Å². The smallest absolute Gasteiger partial charge is 0.333 e. The molecular formula is C34H37N5O3. The molecule has 1 aliphatic heterocycles. The van der Waals surface area contributed by atoms with Crippen LogP contribution in [0.1, 0.15) is 30.4 Å². The standard InChI is InChI=1S/C34H37N5O3/c1-37-32-28(38-21-18-25(17-20-35)19-22-38)13-8-14-29(32)39(34(37)40)30-15-16-31(41-23-26-9-4-2-5-10-26)36-33(30)42-24-27-11-6-3-7-12-27/h2-16,25H,17-24,35H2,1H3. The highest BCUT2D eigenvalue weighted by molar-refractivity contribution is 5.91. The fraction of sp³-hybridized carbons (Fsp3) is 0.294. The number of anilines is 1. The van der Waals surface area contributed by atoms with Crippen LogP contribution >= 0.6 is 0 Å². The number of aryl methyl sites for hydroxylation is 1. The molecule has 42 heavy (non-hydrogen) atoms. The van der Waals surface area contributed by atoms with Gasteiger partial charge >= 0.3 is 5.69 Å². The number of nitrogens with zero attached hydrogens (tertiary/aromatic N) is 4. The zero-order chi connectivity index (χ0) is 28.9. The summed E-state index contributed by atoms with van der Waals surface area (Å²) in [6.07, 6.45) is 3.28. The average Bonchev–Trinajstić information content (AvgIpc) is 3.30. The lowest BCUT2D eigenvalue weighted by molar-refractivity contribution is 0.267. The molecule has 3 heterocycles. The van der Waals surface area contributed by atoms with Gasteiger partial charge in [-0.2, -0.15) is 4.98 Å². The molecule has 8 nitrogen and oxygen atoms in total. The largest absolute Gasteiger partial charge is 0.473 e. The number of imidazole rings is 1. The average molecular weight is 564 g/mol. The van der Waals surface area contributed by atoms with Gasteiger partial charge < -0.3 is 20.1 Å². The summed E-state index contributed by atoms with van der Waals surface area (Å²) in [7, 11) is 1.83. The van der Waals surface area contributed by atoms with Crippen molar-refractivity contribution in [2.45, 2.75) is 32.5 Å². The van der Waals surface area contributed by atoms with Crippen LogP contribution in [-0.4, -0.2) is 33.8 Å². The second kappa shape index (κ2) is 12.5. The zero-order valence-corrected chi connectivity index (χ0v) is 24.0. The lowest BCUT2D eigenvalue weighted by atomic mass is 9.93. The number of benzene rings is 3. The first kappa shape index (κ1) is 27.6. The highest BCUT2D eigenvalue weighted by atomic mass is 16.5. The maximum absolute atomic E-state index is 13.9. The number of aromatic nitrogens is 3. The minimum atomic E-state index is -0.153. The Morgan fingerprint density at radius 2 is 1.48 bits per heavy atom. The summed E-state index contributed by atoms with van der Waals surface area (Å²) in [4.78, 5) is 21.0. The molecule has 0 bridgehead atoms. The summed E-state index contributed by atoms with van der Waals surface area (Å²) in [6.45, 7) is 3.32. The molecule has 0 saturated carbocycles. The highest BCUT2D eigenvalue weighted by Gasteiger charge is 2.24. The molecule has 1 fully saturated rings. The van der Waals surface area contributed by atoms with E-state index in [2.05, 4.69) is 11.0 Å². The van der Waals surface area contributed by atoms with E-state index in [4.69, 9.17) is 20.2 Å². The summed E-state index contributed by atoms with van der Waals surface area (Å²) in [6, 6.07) is 29.7. The van der Waals surface area contributed by atoms with Crippen LogP contribution in [0.2, 0.25) is 0 Å². The van der Waals surface area contributed by atoms with Crippen molar-refractivity contribution in [1.29, 1.82) is 0 Å². The first-order valence-electron chi connectivity index (χ1n) is 14.6. The number of para-hydroxylation sites is 1. The van der Waals surface area contributed by atoms with E-state index in [9.17, 15) is 4.79 Å². The maximum atomic E-state index is 13.9. The SMILES string of the molecule is Cn1c(=O)n(-c2ccc(OCc3ccccc3)nc2OCc2ccccc2)c2cccc(N3CCC(CCN)CC3)c21. The molecule has 6 rings (SSSR count). The van der Waals surface area contributed by atoms with Gasteiger partial charge in [-0.1, -0.05) is 66.7 Å². The van der Waals surface area contributed by atoms with Crippen molar-refractivity contribution in [2.24, 2.45) is 18.7 Å². The van der Waals surface area contributed by atoms with Crippen LogP contribution in [-0.2, 0) is 20.3 Å². The van der Waals surface area contributed by atoms with Crippen LogP contribution in [0.25, 0.3) is 16.7 Å². The number of piperidine rings is 1. The lowest BCUT2D eigenvalue weighted by Gasteiger charge is -2.34. The number of nitrogens with two attached hydrogens (primary N) is 1. The van der Waals surface area contributed by atoms with Crippen molar-refractivity contribution in [3.63, 3.8) is 0 Å². The maximum Gasteiger partial charge on any atom is 0.333 e. The second-order valence-corrected chi connectivity index (χ2v) is 10.9. The normalized spacial score (nSPS) is 13.9. The summed E-state index contributed by atoms with van der Waals surface area (Å²) in [5.41, 5.74) is 11.1. The van der Waals surface area contributed by atoms with Crippen molar-refractivity contribution < 1.29 is 9.47 Å². The molecule has 0 atom stereocenters. The Labute approximate surface area is 245 Å². The van der Waals surface area contributed by atoms with Crippen molar-refractivity contribution >= 4 is 16.7 Å². The Kier molecular flexibility index (Phi) is 8.23. The lowest BCUT2D eigenvalue weighted by Crippen LogP contribution is -2.34. The molecule has 216 valence electrons. The number of fused-ring (bicyclic) bond motifs is 1. The quantitative estimate of drug-likeness (QED) is 0.243. The molecule has 8 heteroatoms. The fourth-order valence-electron chi connectivity index (χ4n) is 5.81. The number of hydrogen-bond acceptors (Lipinski definition) is 6. The van der Waals surface area contributed by atoms with Gasteiger partial charge in [0.2, 0.25) is 11.8 Å². The third-order valence-corrected chi connectivity index (χ3v) is 8.08. The van der Waals surface area contributed by atoms with Gasteiger partial charge in [-0.25, -0.2) is 4.79 Å². The number of pyridine rings is 1. The van der Waals surface area contributed by atoms with Gasteiger partial charge in [0.15, 0.2) is 0 Å². The van der Waals surface area contributed by atoms with Crippen LogP contribution in [0.5, 0.6) is 11.8 Å². The Morgan fingerprint density at radius 3 is 2.14 bits per heavy atom. The van der Waals surface area contributed by atoms with E-state index in [1.165, 1.54) is 0 Å². The molecule has 0 unspecified atom stereocenters. The van der Waals surface area contributed by atoms with Gasteiger partial charge in [-0.05, 0) is 61.1 Å². The van der Waals surface area contributed by atoms with Crippen LogP contribution in [0.4, 0.5) is 5.69 Å². The molecule has 0 spiro atoms. The highest BCUT2D eigenvalue weighted by Crippen LogP contribution is 2.33. The van der Waals surface area contributed by atoms with E-state index >= 15 is 0 Å². The predicted octanol–water partition coefficient (Wildman–Crippen LogP) is 5.45. The summed E-state index contributed by atoms with van der Waals surface area (Å²) in [5.74, 6) is 1.43. The van der Waals surface area contributed by atoms with Gasteiger partial charge in [0.25, 0.3) is 0 Å². The molecule has 1 saturated heterocycles. The molecule has 2 N–H and O–H groups in total. The number of hydrogen-bond donors (Lipinski definition) is 1. The molecule has 3 aromatic carbocycles. The van der Waals surface area contributed by atoms with E-state index in [1.54, 1.807) is 15.2 Å². The van der Waals surface area contributed by atoms with Crippen molar-refractivity contribution in [3.05, 3.63) is 113 Å². The zero-order valence-electron chi connectivity index (χ0n) is 24.0. The first-order chi connectivity index (χ1) is 20.6. The van der Waals surface area contributed by atoms with Crippen molar-refractivity contribution in [1.82, 2.24) is 14.1 Å². The van der Waals surface area contributed by atoms with Gasteiger partial charge in [0.1, 0.15) is 18.9 Å². The van der Waals surface area contributed by atoms with Gasteiger partial charge in [-0.15, -0.1) is 0 Å². The minimum absolute atomic E-state index is 0.153. The summed E-state index contributed by atoms with van der Waals surface area (Å²) >= 11 is 0. The fourth-order valence-corrected chi connectivity index (χ4v) is 5.81. The van der Waals surface area contributed by atoms with E-state index < -0.39 is 0 Å². The number of rotatable bonds is 10. The Hall–Kier alpha value is -4.56. The summed E-state index contributed by atoms with van der Waals surface area (Å²) < 4.78 is 15.7. The molecule has 1 aliphatic rings. The summed E-state index contributed by atoms with van der Waals surface area (Å²) in [5, 5.41) is 0. The predicted molar refractivity (Wildman–Crippen MR) is 166 cm³/mol. The van der Waals surface area contributed by atoms with E-state index in [1.807, 2.05) is 85.9 Å². The molecular weight excluding hydrogens is 526 g/mol. The molecule has 5 aromatic rings. The Bertz CT molecular complexity index is 1690. The second-order valence-electron chi connectivity index (χ2n) is 10.9. The topological polar surface area (TPSA) is 87.5 Å². The van der Waals surface area contributed by atoms with Crippen LogP contribution < -0.4 is 25.8 Å². The molecule has 2 aromatic heterocycles. The third-order valence-electron chi connectivity index (χ3n) is 8.08. The van der Waals surface area contributed by atoms with Crippen LogP contribution in [0.3, 0.4) is 0 Å². The Balaban J connectivity index is 1.37. The van der Waals surface area contributed by atoms with E-state index in [0.29, 0.717) is 36.6 Å². The van der Waals surface area contributed by atoms with Crippen molar-refractivity contribution in [3.8, 4) is 17.4 Å². The van der Waals surface area contributed by atoms with Gasteiger partial charge in [0.05, 0.1) is 16.7 Å². The van der Waals surface area contributed by atoms with Gasteiger partial charge in [0, 0.05) is 26.2 Å². The van der Waals surface area contributed by atoms with E-state index in [-0.39, 0.29) is 5.69 Å². The molecule has 0 aliphatic carbocycles. The number of ether oxygens (including phenoxy) is 2. The molecule has 0 radical (unpaired) electrons. The van der Waals surface area contributed by atoms with Crippen LogP contribution in [0, 0.1) is 5.92 Å². The Morgan fingerprint density at radius 1 is 0.810 bits per heavy atom.